The first kappa shape index (κ1) is 12.3. The zero-order valence-electron chi connectivity index (χ0n) is 10.5. The van der Waals surface area contributed by atoms with Crippen molar-refractivity contribution in [3.63, 3.8) is 0 Å². The van der Waals surface area contributed by atoms with Crippen molar-refractivity contribution in [1.82, 2.24) is 19.9 Å². The van der Waals surface area contributed by atoms with Gasteiger partial charge in [0.05, 0.1) is 5.01 Å². The quantitative estimate of drug-likeness (QED) is 0.875. The van der Waals surface area contributed by atoms with Gasteiger partial charge in [0.15, 0.2) is 0 Å². The third kappa shape index (κ3) is 3.14. The summed E-state index contributed by atoms with van der Waals surface area (Å²) < 4.78 is 2.07. The van der Waals surface area contributed by atoms with Crippen molar-refractivity contribution < 1.29 is 0 Å². The van der Waals surface area contributed by atoms with Gasteiger partial charge in [-0.05, 0) is 14.0 Å². The second-order valence-electron chi connectivity index (χ2n) is 4.23. The molecule has 0 saturated carbocycles. The number of imidazole rings is 1. The lowest BCUT2D eigenvalue weighted by atomic mass is 10.1. The molecule has 0 fully saturated rings. The fourth-order valence-corrected chi connectivity index (χ4v) is 2.65. The number of aryl methyl sites for hydroxylation is 2. The van der Waals surface area contributed by atoms with E-state index in [0.29, 0.717) is 6.04 Å². The Labute approximate surface area is 106 Å². The summed E-state index contributed by atoms with van der Waals surface area (Å²) in [5, 5.41) is 6.63. The SMILES string of the molecule is CNC(Cc1nc(C)cs1)Cc1nccn1C. The number of nitrogens with zero attached hydrogens (tertiary/aromatic N) is 3. The van der Waals surface area contributed by atoms with Gasteiger partial charge in [0.1, 0.15) is 5.82 Å². The van der Waals surface area contributed by atoms with Crippen LogP contribution in [0, 0.1) is 6.92 Å². The molecule has 0 bridgehead atoms. The zero-order chi connectivity index (χ0) is 12.3. The highest BCUT2D eigenvalue weighted by atomic mass is 32.1. The second kappa shape index (κ2) is 5.42. The lowest BCUT2D eigenvalue weighted by Crippen LogP contribution is -2.30. The Balaban J connectivity index is 2.00. The van der Waals surface area contributed by atoms with Gasteiger partial charge in [-0.1, -0.05) is 0 Å². The Morgan fingerprint density at radius 3 is 2.82 bits per heavy atom. The smallest absolute Gasteiger partial charge is 0.109 e. The number of rotatable bonds is 5. The van der Waals surface area contributed by atoms with Crippen molar-refractivity contribution in [2.45, 2.75) is 25.8 Å². The summed E-state index contributed by atoms with van der Waals surface area (Å²) in [7, 11) is 4.02. The molecule has 2 aromatic heterocycles. The molecule has 2 aromatic rings. The van der Waals surface area contributed by atoms with Crippen molar-refractivity contribution in [3.05, 3.63) is 34.3 Å². The highest BCUT2D eigenvalue weighted by Crippen LogP contribution is 2.12. The van der Waals surface area contributed by atoms with E-state index in [1.807, 2.05) is 33.4 Å². The molecule has 0 spiro atoms. The number of likely N-dealkylation sites (N-methyl/N-ethyl adjacent to an activating group) is 1. The van der Waals surface area contributed by atoms with E-state index >= 15 is 0 Å². The van der Waals surface area contributed by atoms with Crippen molar-refractivity contribution in [2.24, 2.45) is 7.05 Å². The molecule has 0 aliphatic rings. The maximum atomic E-state index is 4.50. The van der Waals surface area contributed by atoms with Crippen LogP contribution < -0.4 is 5.32 Å². The van der Waals surface area contributed by atoms with E-state index in [0.717, 1.165) is 24.4 Å². The van der Waals surface area contributed by atoms with Gasteiger partial charge in [0.2, 0.25) is 0 Å². The van der Waals surface area contributed by atoms with E-state index in [4.69, 9.17) is 0 Å². The maximum Gasteiger partial charge on any atom is 0.109 e. The summed E-state index contributed by atoms with van der Waals surface area (Å²) in [6.07, 6.45) is 5.71. The molecule has 0 radical (unpaired) electrons. The minimum absolute atomic E-state index is 0.390. The molecule has 92 valence electrons. The lowest BCUT2D eigenvalue weighted by Gasteiger charge is -2.14. The maximum absolute atomic E-state index is 4.50. The van der Waals surface area contributed by atoms with E-state index in [9.17, 15) is 0 Å². The Morgan fingerprint density at radius 2 is 2.29 bits per heavy atom. The zero-order valence-corrected chi connectivity index (χ0v) is 11.3. The summed E-state index contributed by atoms with van der Waals surface area (Å²) in [6, 6.07) is 0.390. The predicted octanol–water partition coefficient (Wildman–Crippen LogP) is 1.56. The molecule has 17 heavy (non-hydrogen) atoms. The van der Waals surface area contributed by atoms with Crippen LogP contribution in [-0.4, -0.2) is 27.6 Å². The molecule has 0 aliphatic heterocycles. The van der Waals surface area contributed by atoms with E-state index < -0.39 is 0 Å². The van der Waals surface area contributed by atoms with Gasteiger partial charge >= 0.3 is 0 Å². The van der Waals surface area contributed by atoms with Crippen LogP contribution in [0.2, 0.25) is 0 Å². The molecule has 0 aliphatic carbocycles. The molecule has 4 nitrogen and oxygen atoms in total. The average Bonchev–Trinajstić information content (AvgIpc) is 2.88. The largest absolute Gasteiger partial charge is 0.338 e. The standard InChI is InChI=1S/C12H18N4S/c1-9-8-17-12(15-9)7-10(13-2)6-11-14-4-5-16(11)3/h4-5,8,10,13H,6-7H2,1-3H3. The number of thiazole rings is 1. The molecule has 2 rings (SSSR count). The van der Waals surface area contributed by atoms with Crippen LogP contribution in [0.25, 0.3) is 0 Å². The summed E-state index contributed by atoms with van der Waals surface area (Å²) in [5.74, 6) is 1.11. The minimum atomic E-state index is 0.390. The Morgan fingerprint density at radius 1 is 1.47 bits per heavy atom. The molecule has 2 heterocycles. The van der Waals surface area contributed by atoms with Gasteiger partial charge in [-0.15, -0.1) is 11.3 Å². The van der Waals surface area contributed by atoms with Crippen LogP contribution >= 0.6 is 11.3 Å². The Kier molecular flexibility index (Phi) is 3.91. The van der Waals surface area contributed by atoms with Gasteiger partial charge in [0.25, 0.3) is 0 Å². The van der Waals surface area contributed by atoms with Gasteiger partial charge in [0, 0.05) is 49.4 Å². The first-order valence-corrected chi connectivity index (χ1v) is 6.61. The number of hydrogen-bond acceptors (Lipinski definition) is 4. The lowest BCUT2D eigenvalue weighted by molar-refractivity contribution is 0.533. The van der Waals surface area contributed by atoms with Gasteiger partial charge < -0.3 is 9.88 Å². The third-order valence-electron chi connectivity index (χ3n) is 2.85. The summed E-state index contributed by atoms with van der Waals surface area (Å²) >= 11 is 1.73. The van der Waals surface area contributed by atoms with Crippen LogP contribution in [0.5, 0.6) is 0 Å². The highest BCUT2D eigenvalue weighted by Gasteiger charge is 2.12. The summed E-state index contributed by atoms with van der Waals surface area (Å²) in [6.45, 7) is 2.03. The predicted molar refractivity (Wildman–Crippen MR) is 70.3 cm³/mol. The Bertz CT molecular complexity index is 474. The average molecular weight is 250 g/mol. The molecule has 1 atom stereocenters. The van der Waals surface area contributed by atoms with Crippen molar-refractivity contribution >= 4 is 11.3 Å². The number of hydrogen-bond donors (Lipinski definition) is 1. The highest BCUT2D eigenvalue weighted by molar-refractivity contribution is 7.09. The van der Waals surface area contributed by atoms with Crippen molar-refractivity contribution in [1.29, 1.82) is 0 Å². The van der Waals surface area contributed by atoms with Crippen LogP contribution in [0.15, 0.2) is 17.8 Å². The van der Waals surface area contributed by atoms with E-state index in [1.165, 1.54) is 5.01 Å². The molecule has 1 N–H and O–H groups in total. The first-order valence-electron chi connectivity index (χ1n) is 5.73. The number of nitrogens with one attached hydrogen (secondary N) is 1. The molecular weight excluding hydrogens is 232 g/mol. The molecular formula is C12H18N4S. The van der Waals surface area contributed by atoms with Crippen LogP contribution in [-0.2, 0) is 19.9 Å². The molecule has 5 heteroatoms. The fourth-order valence-electron chi connectivity index (χ4n) is 1.80. The summed E-state index contributed by atoms with van der Waals surface area (Å²) in [4.78, 5) is 8.86. The second-order valence-corrected chi connectivity index (χ2v) is 5.17. The third-order valence-corrected chi connectivity index (χ3v) is 3.83. The van der Waals surface area contributed by atoms with E-state index in [1.54, 1.807) is 11.3 Å². The minimum Gasteiger partial charge on any atom is -0.338 e. The molecule has 0 aromatic carbocycles. The van der Waals surface area contributed by atoms with Gasteiger partial charge in [-0.25, -0.2) is 9.97 Å². The summed E-state index contributed by atoms with van der Waals surface area (Å²) in [5.41, 5.74) is 1.11. The van der Waals surface area contributed by atoms with Gasteiger partial charge in [-0.3, -0.25) is 0 Å². The van der Waals surface area contributed by atoms with Crippen LogP contribution in [0.4, 0.5) is 0 Å². The van der Waals surface area contributed by atoms with Crippen LogP contribution in [0.1, 0.15) is 16.5 Å². The monoisotopic (exact) mass is 250 g/mol. The Hall–Kier alpha value is -1.20. The number of aromatic nitrogens is 3. The van der Waals surface area contributed by atoms with Crippen molar-refractivity contribution in [2.75, 3.05) is 7.05 Å². The fraction of sp³-hybridized carbons (Fsp3) is 0.500. The molecule has 0 amide bonds. The van der Waals surface area contributed by atoms with Gasteiger partial charge in [-0.2, -0.15) is 0 Å². The van der Waals surface area contributed by atoms with Crippen molar-refractivity contribution in [3.8, 4) is 0 Å². The topological polar surface area (TPSA) is 42.7 Å². The van der Waals surface area contributed by atoms with E-state index in [2.05, 4.69) is 25.2 Å². The molecule has 1 unspecified atom stereocenters. The van der Waals surface area contributed by atoms with E-state index in [-0.39, 0.29) is 0 Å². The normalized spacial score (nSPS) is 12.9. The molecule has 0 saturated heterocycles. The first-order chi connectivity index (χ1) is 8.19. The van der Waals surface area contributed by atoms with Crippen LogP contribution in [0.3, 0.4) is 0 Å².